The Labute approximate surface area is 92.5 Å². The van der Waals surface area contributed by atoms with Gasteiger partial charge in [-0.3, -0.25) is 4.98 Å². The van der Waals surface area contributed by atoms with Gasteiger partial charge in [-0.25, -0.2) is 4.98 Å². The van der Waals surface area contributed by atoms with Crippen molar-refractivity contribution in [1.82, 2.24) is 9.97 Å². The molecule has 2 aromatic rings. The van der Waals surface area contributed by atoms with Gasteiger partial charge in [0.1, 0.15) is 5.01 Å². The first kappa shape index (κ1) is 10.3. The van der Waals surface area contributed by atoms with E-state index < -0.39 is 0 Å². The molecule has 0 saturated heterocycles. The number of pyridine rings is 1. The van der Waals surface area contributed by atoms with E-state index >= 15 is 0 Å². The van der Waals surface area contributed by atoms with Gasteiger partial charge in [0.2, 0.25) is 0 Å². The molecule has 78 valence electrons. The van der Waals surface area contributed by atoms with Crippen LogP contribution in [-0.4, -0.2) is 21.2 Å². The van der Waals surface area contributed by atoms with Gasteiger partial charge < -0.3 is 5.11 Å². The maximum absolute atomic E-state index is 9.23. The highest BCUT2D eigenvalue weighted by Gasteiger charge is 2.06. The molecule has 0 bridgehead atoms. The van der Waals surface area contributed by atoms with E-state index in [0.29, 0.717) is 6.42 Å². The highest BCUT2D eigenvalue weighted by molar-refractivity contribution is 7.13. The molecule has 1 unspecified atom stereocenters. The molecular weight excluding hydrogens is 208 g/mol. The van der Waals surface area contributed by atoms with Crippen LogP contribution in [0.1, 0.15) is 12.6 Å². The first-order valence-electron chi connectivity index (χ1n) is 4.79. The summed E-state index contributed by atoms with van der Waals surface area (Å²) in [6.45, 7) is 1.76. The van der Waals surface area contributed by atoms with E-state index in [0.717, 1.165) is 16.4 Å². The smallest absolute Gasteiger partial charge is 0.142 e. The molecule has 0 radical (unpaired) electrons. The Hall–Kier alpha value is -1.26. The number of thiazole rings is 1. The molecule has 0 aromatic carbocycles. The fourth-order valence-electron chi connectivity index (χ4n) is 1.31. The van der Waals surface area contributed by atoms with Crippen LogP contribution in [0, 0.1) is 0 Å². The highest BCUT2D eigenvalue weighted by atomic mass is 32.1. The quantitative estimate of drug-likeness (QED) is 0.862. The average Bonchev–Trinajstić information content (AvgIpc) is 2.67. The van der Waals surface area contributed by atoms with Crippen molar-refractivity contribution in [3.8, 4) is 10.7 Å². The number of nitrogens with zero attached hydrogens (tertiary/aromatic N) is 2. The van der Waals surface area contributed by atoms with Crippen molar-refractivity contribution in [3.05, 3.63) is 35.5 Å². The molecule has 0 aliphatic heterocycles. The van der Waals surface area contributed by atoms with Crippen LogP contribution < -0.4 is 0 Å². The summed E-state index contributed by atoms with van der Waals surface area (Å²) >= 11 is 1.56. The summed E-state index contributed by atoms with van der Waals surface area (Å²) in [5.41, 5.74) is 1.81. The number of hydrogen-bond donors (Lipinski definition) is 1. The van der Waals surface area contributed by atoms with Gasteiger partial charge in [-0.15, -0.1) is 11.3 Å². The summed E-state index contributed by atoms with van der Waals surface area (Å²) in [6.07, 6.45) is 2.01. The lowest BCUT2D eigenvalue weighted by molar-refractivity contribution is 0.194. The average molecular weight is 220 g/mol. The van der Waals surface area contributed by atoms with Crippen LogP contribution in [-0.2, 0) is 6.42 Å². The predicted octanol–water partition coefficient (Wildman–Crippen LogP) is 2.13. The lowest BCUT2D eigenvalue weighted by Crippen LogP contribution is -2.04. The number of aromatic nitrogens is 2. The molecule has 1 N–H and O–H groups in total. The van der Waals surface area contributed by atoms with E-state index in [2.05, 4.69) is 9.97 Å². The first-order valence-corrected chi connectivity index (χ1v) is 5.67. The Balaban J connectivity index is 2.21. The number of hydrogen-bond acceptors (Lipinski definition) is 4. The highest BCUT2D eigenvalue weighted by Crippen LogP contribution is 2.21. The second-order valence-corrected chi connectivity index (χ2v) is 4.27. The molecule has 0 aliphatic carbocycles. The zero-order valence-electron chi connectivity index (χ0n) is 8.42. The van der Waals surface area contributed by atoms with E-state index in [1.165, 1.54) is 0 Å². The standard InChI is InChI=1S/C11H12N2OS/c1-8(14)6-9-7-15-11(13-9)10-4-2-3-5-12-10/h2-5,7-8,14H,6H2,1H3. The van der Waals surface area contributed by atoms with E-state index in [1.807, 2.05) is 23.6 Å². The van der Waals surface area contributed by atoms with Gasteiger partial charge in [0.15, 0.2) is 0 Å². The molecule has 3 nitrogen and oxygen atoms in total. The van der Waals surface area contributed by atoms with Gasteiger partial charge in [-0.05, 0) is 19.1 Å². The Morgan fingerprint density at radius 3 is 3.00 bits per heavy atom. The van der Waals surface area contributed by atoms with E-state index in [1.54, 1.807) is 24.5 Å². The minimum Gasteiger partial charge on any atom is -0.393 e. The van der Waals surface area contributed by atoms with Crippen molar-refractivity contribution in [3.63, 3.8) is 0 Å². The fourth-order valence-corrected chi connectivity index (χ4v) is 2.12. The Morgan fingerprint density at radius 2 is 2.33 bits per heavy atom. The predicted molar refractivity (Wildman–Crippen MR) is 60.7 cm³/mol. The Morgan fingerprint density at radius 1 is 1.47 bits per heavy atom. The van der Waals surface area contributed by atoms with Crippen molar-refractivity contribution in [2.45, 2.75) is 19.4 Å². The summed E-state index contributed by atoms with van der Waals surface area (Å²) < 4.78 is 0. The van der Waals surface area contributed by atoms with Crippen molar-refractivity contribution in [2.75, 3.05) is 0 Å². The van der Waals surface area contributed by atoms with Crippen LogP contribution in [0.25, 0.3) is 10.7 Å². The summed E-state index contributed by atoms with van der Waals surface area (Å²) in [7, 11) is 0. The lowest BCUT2D eigenvalue weighted by atomic mass is 10.2. The van der Waals surface area contributed by atoms with Gasteiger partial charge in [0.25, 0.3) is 0 Å². The molecule has 15 heavy (non-hydrogen) atoms. The monoisotopic (exact) mass is 220 g/mol. The normalized spacial score (nSPS) is 12.7. The molecule has 1 atom stereocenters. The van der Waals surface area contributed by atoms with Crippen molar-refractivity contribution in [2.24, 2.45) is 0 Å². The minimum absolute atomic E-state index is 0.344. The first-order chi connectivity index (χ1) is 7.25. The van der Waals surface area contributed by atoms with Crippen LogP contribution in [0.3, 0.4) is 0 Å². The van der Waals surface area contributed by atoms with E-state index in [9.17, 15) is 5.11 Å². The summed E-state index contributed by atoms with van der Waals surface area (Å²) in [6, 6.07) is 5.76. The van der Waals surface area contributed by atoms with Crippen molar-refractivity contribution in [1.29, 1.82) is 0 Å². The van der Waals surface area contributed by atoms with Gasteiger partial charge >= 0.3 is 0 Å². The fraction of sp³-hybridized carbons (Fsp3) is 0.273. The molecule has 2 rings (SSSR count). The van der Waals surface area contributed by atoms with Crippen LogP contribution in [0.2, 0.25) is 0 Å². The molecule has 0 amide bonds. The van der Waals surface area contributed by atoms with Gasteiger partial charge in [0.05, 0.1) is 17.5 Å². The Bertz CT molecular complexity index is 425. The Kier molecular flexibility index (Phi) is 3.08. The lowest BCUT2D eigenvalue weighted by Gasteiger charge is -1.98. The topological polar surface area (TPSA) is 46.0 Å². The van der Waals surface area contributed by atoms with Gasteiger partial charge in [0, 0.05) is 18.0 Å². The molecule has 2 heterocycles. The largest absolute Gasteiger partial charge is 0.393 e. The molecule has 0 spiro atoms. The van der Waals surface area contributed by atoms with Gasteiger partial charge in [-0.1, -0.05) is 6.07 Å². The number of rotatable bonds is 3. The van der Waals surface area contributed by atoms with Crippen LogP contribution >= 0.6 is 11.3 Å². The molecule has 0 fully saturated rings. The molecular formula is C11H12N2OS. The minimum atomic E-state index is -0.344. The van der Waals surface area contributed by atoms with Crippen LogP contribution in [0.15, 0.2) is 29.8 Å². The molecule has 2 aromatic heterocycles. The third kappa shape index (κ3) is 2.61. The third-order valence-electron chi connectivity index (χ3n) is 1.94. The number of aliphatic hydroxyl groups excluding tert-OH is 1. The molecule has 0 saturated carbocycles. The summed E-state index contributed by atoms with van der Waals surface area (Å²) in [5, 5.41) is 12.1. The zero-order valence-corrected chi connectivity index (χ0v) is 9.24. The third-order valence-corrected chi connectivity index (χ3v) is 2.85. The second kappa shape index (κ2) is 4.51. The van der Waals surface area contributed by atoms with E-state index in [-0.39, 0.29) is 6.10 Å². The van der Waals surface area contributed by atoms with Crippen LogP contribution in [0.5, 0.6) is 0 Å². The van der Waals surface area contributed by atoms with Crippen LogP contribution in [0.4, 0.5) is 0 Å². The summed E-state index contributed by atoms with van der Waals surface area (Å²) in [5.74, 6) is 0. The van der Waals surface area contributed by atoms with Crippen molar-refractivity contribution >= 4 is 11.3 Å². The summed E-state index contributed by atoms with van der Waals surface area (Å²) in [4.78, 5) is 8.64. The maximum atomic E-state index is 9.23. The van der Waals surface area contributed by atoms with E-state index in [4.69, 9.17) is 0 Å². The van der Waals surface area contributed by atoms with Gasteiger partial charge in [-0.2, -0.15) is 0 Å². The molecule has 0 aliphatic rings. The molecule has 4 heteroatoms. The maximum Gasteiger partial charge on any atom is 0.142 e. The number of aliphatic hydroxyl groups is 1. The zero-order chi connectivity index (χ0) is 10.7. The van der Waals surface area contributed by atoms with Crippen molar-refractivity contribution < 1.29 is 5.11 Å². The SMILES string of the molecule is CC(O)Cc1csc(-c2ccccn2)n1. The second-order valence-electron chi connectivity index (χ2n) is 3.41.